The van der Waals surface area contributed by atoms with Crippen LogP contribution in [-0.4, -0.2) is 88.6 Å². The normalized spacial score (nSPS) is 42.9. The van der Waals surface area contributed by atoms with E-state index in [9.17, 15) is 24.6 Å². The van der Waals surface area contributed by atoms with Crippen molar-refractivity contribution in [2.45, 2.75) is 109 Å². The van der Waals surface area contributed by atoms with Gasteiger partial charge in [0.25, 0.3) is 0 Å². The molecule has 0 aromatic heterocycles. The van der Waals surface area contributed by atoms with Gasteiger partial charge in [-0.3, -0.25) is 14.4 Å². The van der Waals surface area contributed by atoms with Gasteiger partial charge in [-0.1, -0.05) is 26.8 Å². The van der Waals surface area contributed by atoms with E-state index in [-0.39, 0.29) is 12.8 Å². The van der Waals surface area contributed by atoms with Crippen LogP contribution in [0.4, 0.5) is 0 Å². The first-order valence-corrected chi connectivity index (χ1v) is 13.2. The molecule has 8 atom stereocenters. The van der Waals surface area contributed by atoms with Gasteiger partial charge in [-0.25, -0.2) is 0 Å². The largest absolute Gasteiger partial charge is 0.458 e. The molecule has 0 radical (unpaired) electrons. The first-order valence-electron chi connectivity index (χ1n) is 13.2. The van der Waals surface area contributed by atoms with Crippen molar-refractivity contribution in [2.24, 2.45) is 16.7 Å². The van der Waals surface area contributed by atoms with Crippen LogP contribution in [0.1, 0.15) is 73.6 Å². The number of fused-ring (bicyclic) bond motifs is 3. The van der Waals surface area contributed by atoms with Crippen molar-refractivity contribution >= 4 is 17.7 Å². The molecule has 2 saturated carbocycles. The summed E-state index contributed by atoms with van der Waals surface area (Å²) in [5.41, 5.74) is -7.30. The van der Waals surface area contributed by atoms with E-state index < -0.39 is 69.6 Å². The summed E-state index contributed by atoms with van der Waals surface area (Å²) in [7, 11) is 3.83. The van der Waals surface area contributed by atoms with Crippen LogP contribution < -0.4 is 0 Å². The Kier molecular flexibility index (Phi) is 7.83. The zero-order valence-corrected chi connectivity index (χ0v) is 23.6. The zero-order valence-electron chi connectivity index (χ0n) is 23.6. The topological polar surface area (TPSA) is 123 Å². The SMILES string of the molecule is C=C[C@@]1(C)CC(=O)C2(O)[C@@]3(C)C(O)CCC(C)(C)C3[C@H](OC(=O)CCCN(C)C)C(OC(C)=O)[C@@]2(C)O1. The highest BCUT2D eigenvalue weighted by molar-refractivity contribution is 5.92. The third-order valence-corrected chi connectivity index (χ3v) is 9.25. The third kappa shape index (κ3) is 4.56. The highest BCUT2D eigenvalue weighted by Crippen LogP contribution is 2.67. The van der Waals surface area contributed by atoms with E-state index in [1.54, 1.807) is 13.8 Å². The molecule has 210 valence electrons. The van der Waals surface area contributed by atoms with Crippen molar-refractivity contribution < 1.29 is 38.8 Å². The predicted octanol–water partition coefficient (Wildman–Crippen LogP) is 2.41. The summed E-state index contributed by atoms with van der Waals surface area (Å²) in [5, 5.41) is 24.0. The third-order valence-electron chi connectivity index (χ3n) is 9.25. The Morgan fingerprint density at radius 2 is 1.81 bits per heavy atom. The van der Waals surface area contributed by atoms with Crippen molar-refractivity contribution in [3.05, 3.63) is 12.7 Å². The van der Waals surface area contributed by atoms with Gasteiger partial charge >= 0.3 is 11.9 Å². The Hall–Kier alpha value is -1.81. The van der Waals surface area contributed by atoms with E-state index in [0.717, 1.165) is 0 Å². The minimum absolute atomic E-state index is 0.138. The van der Waals surface area contributed by atoms with E-state index in [1.807, 2.05) is 32.8 Å². The van der Waals surface area contributed by atoms with Gasteiger partial charge in [0, 0.05) is 31.1 Å². The van der Waals surface area contributed by atoms with Crippen molar-refractivity contribution in [1.29, 1.82) is 0 Å². The molecule has 3 fully saturated rings. The molecular weight excluding hydrogens is 478 g/mol. The number of aliphatic hydroxyl groups excluding tert-OH is 1. The lowest BCUT2D eigenvalue weighted by Gasteiger charge is -2.71. The summed E-state index contributed by atoms with van der Waals surface area (Å²) in [5.74, 6) is -2.39. The number of hydrogen-bond donors (Lipinski definition) is 2. The van der Waals surface area contributed by atoms with Crippen LogP contribution in [0, 0.1) is 16.7 Å². The smallest absolute Gasteiger partial charge is 0.306 e. The maximum atomic E-state index is 14.0. The predicted molar refractivity (Wildman–Crippen MR) is 137 cm³/mol. The number of ether oxygens (including phenoxy) is 3. The lowest BCUT2D eigenvalue weighted by Crippen LogP contribution is -2.87. The van der Waals surface area contributed by atoms with Crippen molar-refractivity contribution in [3.8, 4) is 0 Å². The van der Waals surface area contributed by atoms with Crippen LogP contribution >= 0.6 is 0 Å². The molecule has 0 aromatic rings. The van der Waals surface area contributed by atoms with Gasteiger partial charge in [-0.05, 0) is 59.2 Å². The molecule has 1 aliphatic heterocycles. The Labute approximate surface area is 220 Å². The van der Waals surface area contributed by atoms with Crippen LogP contribution in [-0.2, 0) is 28.6 Å². The number of aliphatic hydroxyl groups is 2. The second-order valence-electron chi connectivity index (χ2n) is 12.7. The number of carbonyl (C=O) groups excluding carboxylic acids is 3. The van der Waals surface area contributed by atoms with Gasteiger partial charge in [0.2, 0.25) is 0 Å². The van der Waals surface area contributed by atoms with E-state index >= 15 is 0 Å². The summed E-state index contributed by atoms with van der Waals surface area (Å²) in [6.07, 6.45) is -0.556. The Morgan fingerprint density at radius 1 is 1.19 bits per heavy atom. The molecule has 3 rings (SSSR count). The van der Waals surface area contributed by atoms with Crippen LogP contribution in [0.25, 0.3) is 0 Å². The highest BCUT2D eigenvalue weighted by Gasteiger charge is 2.82. The van der Waals surface area contributed by atoms with Crippen molar-refractivity contribution in [3.63, 3.8) is 0 Å². The molecule has 2 N–H and O–H groups in total. The van der Waals surface area contributed by atoms with Gasteiger partial charge in [-0.2, -0.15) is 0 Å². The Bertz CT molecular complexity index is 948. The number of esters is 2. The number of carbonyl (C=O) groups is 3. The summed E-state index contributed by atoms with van der Waals surface area (Å²) >= 11 is 0. The van der Waals surface area contributed by atoms with E-state index in [1.165, 1.54) is 19.9 Å². The first kappa shape index (κ1) is 29.7. The summed E-state index contributed by atoms with van der Waals surface area (Å²) in [4.78, 5) is 41.5. The van der Waals surface area contributed by atoms with Gasteiger partial charge in [0.15, 0.2) is 17.5 Å². The summed E-state index contributed by atoms with van der Waals surface area (Å²) < 4.78 is 18.4. The molecule has 9 heteroatoms. The Balaban J connectivity index is 2.24. The molecule has 0 bridgehead atoms. The lowest BCUT2D eigenvalue weighted by atomic mass is 9.39. The van der Waals surface area contributed by atoms with E-state index in [0.29, 0.717) is 25.8 Å². The first-order chi connectivity index (χ1) is 16.9. The standard InChI is InChI=1S/C28H45NO8/c1-10-25(5)16-19(32)28(34)26(6)18(31)13-14-24(3,4)22(26)21(36-20(33)12-11-15-29(8)9)23(35-17(2)30)27(28,7)37-25/h10,18,21-23,31,34H,1,11-16H2,2-9H3/t18?,21-,22?,23?,25-,26-,27+,28?/m0/s1. The molecule has 0 aromatic carbocycles. The monoisotopic (exact) mass is 523 g/mol. The van der Waals surface area contributed by atoms with E-state index in [4.69, 9.17) is 14.2 Å². The van der Waals surface area contributed by atoms with Crippen LogP contribution in [0.3, 0.4) is 0 Å². The molecule has 2 aliphatic carbocycles. The summed E-state index contributed by atoms with van der Waals surface area (Å²) in [6.45, 7) is 14.5. The number of Topliss-reactive ketones (excluding diaryl/α,β-unsaturated/α-hetero) is 1. The molecule has 1 heterocycles. The van der Waals surface area contributed by atoms with Gasteiger partial charge in [-0.15, -0.1) is 6.58 Å². The number of rotatable bonds is 7. The molecule has 4 unspecified atom stereocenters. The fourth-order valence-electron chi connectivity index (χ4n) is 7.49. The molecule has 0 spiro atoms. The van der Waals surface area contributed by atoms with E-state index in [2.05, 4.69) is 6.58 Å². The van der Waals surface area contributed by atoms with Crippen LogP contribution in [0.2, 0.25) is 0 Å². The number of nitrogens with zero attached hydrogens (tertiary/aromatic N) is 1. The maximum Gasteiger partial charge on any atom is 0.306 e. The molecule has 9 nitrogen and oxygen atoms in total. The average molecular weight is 524 g/mol. The fraction of sp³-hybridized carbons (Fsp3) is 0.821. The second-order valence-corrected chi connectivity index (χ2v) is 12.7. The van der Waals surface area contributed by atoms with Gasteiger partial charge in [0.1, 0.15) is 11.7 Å². The Morgan fingerprint density at radius 3 is 2.35 bits per heavy atom. The molecule has 1 saturated heterocycles. The van der Waals surface area contributed by atoms with Crippen LogP contribution in [0.5, 0.6) is 0 Å². The average Bonchev–Trinajstić information content (AvgIpc) is 2.76. The maximum absolute atomic E-state index is 14.0. The number of ketones is 1. The second kappa shape index (κ2) is 9.74. The number of hydrogen-bond acceptors (Lipinski definition) is 9. The van der Waals surface area contributed by atoms with Gasteiger partial charge < -0.3 is 29.3 Å². The van der Waals surface area contributed by atoms with Crippen molar-refractivity contribution in [2.75, 3.05) is 20.6 Å². The molecule has 0 amide bonds. The minimum Gasteiger partial charge on any atom is -0.458 e. The highest BCUT2D eigenvalue weighted by atomic mass is 16.6. The zero-order chi connectivity index (χ0) is 28.2. The van der Waals surface area contributed by atoms with Gasteiger partial charge in [0.05, 0.1) is 11.7 Å². The minimum atomic E-state index is -2.24. The quantitative estimate of drug-likeness (QED) is 0.383. The summed E-state index contributed by atoms with van der Waals surface area (Å²) in [6, 6.07) is 0. The van der Waals surface area contributed by atoms with Crippen molar-refractivity contribution in [1.82, 2.24) is 4.90 Å². The molecular formula is C28H45NO8. The van der Waals surface area contributed by atoms with Crippen LogP contribution in [0.15, 0.2) is 12.7 Å². The lowest BCUT2D eigenvalue weighted by molar-refractivity contribution is -0.371. The molecule has 37 heavy (non-hydrogen) atoms. The fourth-order valence-corrected chi connectivity index (χ4v) is 7.49. The molecule has 3 aliphatic rings.